The summed E-state index contributed by atoms with van der Waals surface area (Å²) in [5.74, 6) is 0.139. The zero-order valence-corrected chi connectivity index (χ0v) is 13.0. The Kier molecular flexibility index (Phi) is 3.48. The van der Waals surface area contributed by atoms with Gasteiger partial charge in [0.2, 0.25) is 0 Å². The van der Waals surface area contributed by atoms with Crippen molar-refractivity contribution in [1.29, 1.82) is 0 Å². The minimum atomic E-state index is -3.82. The van der Waals surface area contributed by atoms with Crippen LogP contribution in [0, 0.1) is 0 Å². The first kappa shape index (κ1) is 14.1. The van der Waals surface area contributed by atoms with Crippen molar-refractivity contribution in [2.45, 2.75) is 4.21 Å². The van der Waals surface area contributed by atoms with Crippen LogP contribution in [0.2, 0.25) is 4.34 Å². The third-order valence-corrected chi connectivity index (χ3v) is 6.08. The quantitative estimate of drug-likeness (QED) is 0.795. The number of rotatable bonds is 3. The Morgan fingerprint density at radius 1 is 1.14 bits per heavy atom. The second-order valence-corrected chi connectivity index (χ2v) is 7.94. The molecule has 0 aliphatic carbocycles. The topological polar surface area (TPSA) is 78.0 Å². The SMILES string of the molecule is Nc1cc(-c2ccccc2)n(S(=O)(=O)c2ccc(Cl)s2)n1. The van der Waals surface area contributed by atoms with Crippen LogP contribution < -0.4 is 5.73 Å². The summed E-state index contributed by atoms with van der Waals surface area (Å²) in [6, 6.07) is 13.6. The van der Waals surface area contributed by atoms with Gasteiger partial charge in [-0.2, -0.15) is 12.5 Å². The number of nitrogen functional groups attached to an aromatic ring is 1. The summed E-state index contributed by atoms with van der Waals surface area (Å²) in [5.41, 5.74) is 6.81. The molecule has 1 aromatic carbocycles. The first-order valence-electron chi connectivity index (χ1n) is 5.90. The number of hydrogen-bond acceptors (Lipinski definition) is 5. The molecule has 0 aliphatic rings. The number of halogens is 1. The monoisotopic (exact) mass is 339 g/mol. The van der Waals surface area contributed by atoms with E-state index in [0.717, 1.165) is 15.4 Å². The van der Waals surface area contributed by atoms with Crippen LogP contribution in [-0.2, 0) is 10.0 Å². The van der Waals surface area contributed by atoms with E-state index >= 15 is 0 Å². The van der Waals surface area contributed by atoms with Crippen LogP contribution in [0.5, 0.6) is 0 Å². The summed E-state index contributed by atoms with van der Waals surface area (Å²) in [7, 11) is -3.82. The van der Waals surface area contributed by atoms with Crippen molar-refractivity contribution >= 4 is 38.8 Å². The highest BCUT2D eigenvalue weighted by atomic mass is 35.5. The average Bonchev–Trinajstić information content (AvgIpc) is 3.06. The lowest BCUT2D eigenvalue weighted by Crippen LogP contribution is -2.14. The fraction of sp³-hybridized carbons (Fsp3) is 0. The normalized spacial score (nSPS) is 11.7. The Labute approximate surface area is 130 Å². The molecule has 0 saturated heterocycles. The van der Waals surface area contributed by atoms with Crippen LogP contribution >= 0.6 is 22.9 Å². The fourth-order valence-electron chi connectivity index (χ4n) is 1.89. The van der Waals surface area contributed by atoms with E-state index in [0.29, 0.717) is 15.6 Å². The lowest BCUT2D eigenvalue weighted by atomic mass is 10.2. The number of nitrogens with two attached hydrogens (primary N) is 1. The molecule has 0 aliphatic heterocycles. The molecule has 21 heavy (non-hydrogen) atoms. The van der Waals surface area contributed by atoms with Crippen molar-refractivity contribution in [1.82, 2.24) is 9.19 Å². The molecule has 2 aromatic heterocycles. The Balaban J connectivity index is 2.20. The van der Waals surface area contributed by atoms with Crippen LogP contribution in [0.4, 0.5) is 5.82 Å². The van der Waals surface area contributed by atoms with E-state index in [-0.39, 0.29) is 10.0 Å². The van der Waals surface area contributed by atoms with Gasteiger partial charge in [-0.15, -0.1) is 16.4 Å². The molecule has 0 amide bonds. The molecule has 0 radical (unpaired) electrons. The third-order valence-electron chi connectivity index (χ3n) is 2.80. The maximum atomic E-state index is 12.7. The fourth-order valence-corrected chi connectivity index (χ4v) is 4.74. The summed E-state index contributed by atoms with van der Waals surface area (Å²) >= 11 is 6.79. The maximum absolute atomic E-state index is 12.7. The minimum absolute atomic E-state index is 0.118. The van der Waals surface area contributed by atoms with Crippen molar-refractivity contribution in [3.05, 3.63) is 52.9 Å². The third kappa shape index (κ3) is 2.55. The molecule has 0 atom stereocenters. The van der Waals surface area contributed by atoms with E-state index in [2.05, 4.69) is 5.10 Å². The highest BCUT2D eigenvalue weighted by Crippen LogP contribution is 2.30. The van der Waals surface area contributed by atoms with E-state index in [9.17, 15) is 8.42 Å². The molecule has 3 rings (SSSR count). The standard InChI is InChI=1S/C13H10ClN3O2S2/c14-11-6-7-13(20-11)21(18,19)17-10(8-12(15)16-17)9-4-2-1-3-5-9/h1-8H,(H2,15,16). The summed E-state index contributed by atoms with van der Waals surface area (Å²) < 4.78 is 26.8. The average molecular weight is 340 g/mol. The Hall–Kier alpha value is -1.83. The van der Waals surface area contributed by atoms with Gasteiger partial charge in [0.25, 0.3) is 10.0 Å². The van der Waals surface area contributed by atoms with Crippen LogP contribution in [0.15, 0.2) is 52.7 Å². The second-order valence-electron chi connectivity index (χ2n) is 4.23. The zero-order valence-electron chi connectivity index (χ0n) is 10.6. The Morgan fingerprint density at radius 3 is 2.48 bits per heavy atom. The van der Waals surface area contributed by atoms with Crippen molar-refractivity contribution in [2.24, 2.45) is 0 Å². The van der Waals surface area contributed by atoms with Crippen LogP contribution in [-0.4, -0.2) is 17.6 Å². The van der Waals surface area contributed by atoms with Crippen molar-refractivity contribution < 1.29 is 8.42 Å². The lowest BCUT2D eigenvalue weighted by molar-refractivity contribution is 0.583. The van der Waals surface area contributed by atoms with E-state index in [1.165, 1.54) is 18.2 Å². The highest BCUT2D eigenvalue weighted by Gasteiger charge is 2.24. The molecule has 0 saturated carbocycles. The van der Waals surface area contributed by atoms with E-state index < -0.39 is 10.0 Å². The Bertz CT molecular complexity index is 885. The largest absolute Gasteiger partial charge is 0.382 e. The number of hydrogen-bond donors (Lipinski definition) is 1. The van der Waals surface area contributed by atoms with Crippen LogP contribution in [0.1, 0.15) is 0 Å². The van der Waals surface area contributed by atoms with Crippen LogP contribution in [0.3, 0.4) is 0 Å². The van der Waals surface area contributed by atoms with Gasteiger partial charge in [0, 0.05) is 11.6 Å². The molecule has 0 bridgehead atoms. The molecule has 2 N–H and O–H groups in total. The minimum Gasteiger partial charge on any atom is -0.382 e. The van der Waals surface area contributed by atoms with Gasteiger partial charge in [0.05, 0.1) is 10.0 Å². The van der Waals surface area contributed by atoms with E-state index in [1.807, 2.05) is 18.2 Å². The number of anilines is 1. The maximum Gasteiger partial charge on any atom is 0.293 e. The van der Waals surface area contributed by atoms with E-state index in [1.54, 1.807) is 12.1 Å². The molecule has 0 spiro atoms. The van der Waals surface area contributed by atoms with Crippen molar-refractivity contribution in [2.75, 3.05) is 5.73 Å². The number of nitrogens with zero attached hydrogens (tertiary/aromatic N) is 2. The molecule has 3 aromatic rings. The summed E-state index contributed by atoms with van der Waals surface area (Å²) in [4.78, 5) is 0. The van der Waals surface area contributed by atoms with Gasteiger partial charge >= 0.3 is 0 Å². The first-order chi connectivity index (χ1) is 9.98. The summed E-state index contributed by atoms with van der Waals surface area (Å²) in [6.07, 6.45) is 0. The summed E-state index contributed by atoms with van der Waals surface area (Å²) in [5, 5.41) is 3.91. The Morgan fingerprint density at radius 2 is 1.86 bits per heavy atom. The van der Waals surface area contributed by atoms with Gasteiger partial charge in [-0.3, -0.25) is 0 Å². The van der Waals surface area contributed by atoms with Gasteiger partial charge < -0.3 is 5.73 Å². The van der Waals surface area contributed by atoms with Crippen molar-refractivity contribution in [3.8, 4) is 11.3 Å². The van der Waals surface area contributed by atoms with Gasteiger partial charge in [-0.25, -0.2) is 0 Å². The number of aromatic nitrogens is 2. The molecule has 108 valence electrons. The predicted molar refractivity (Wildman–Crippen MR) is 84.0 cm³/mol. The first-order valence-corrected chi connectivity index (χ1v) is 8.54. The van der Waals surface area contributed by atoms with E-state index in [4.69, 9.17) is 17.3 Å². The molecule has 0 fully saturated rings. The van der Waals surface area contributed by atoms with Gasteiger partial charge in [0.1, 0.15) is 10.0 Å². The molecular formula is C13H10ClN3O2S2. The molecular weight excluding hydrogens is 330 g/mol. The van der Waals surface area contributed by atoms with Crippen molar-refractivity contribution in [3.63, 3.8) is 0 Å². The van der Waals surface area contributed by atoms with Gasteiger partial charge in [0.15, 0.2) is 0 Å². The predicted octanol–water partition coefficient (Wildman–Crippen LogP) is 3.08. The molecule has 0 unspecified atom stereocenters. The van der Waals surface area contributed by atoms with Crippen LogP contribution in [0.25, 0.3) is 11.3 Å². The smallest absolute Gasteiger partial charge is 0.293 e. The molecule has 5 nitrogen and oxygen atoms in total. The summed E-state index contributed by atoms with van der Waals surface area (Å²) in [6.45, 7) is 0. The van der Waals surface area contributed by atoms with Gasteiger partial charge in [-0.05, 0) is 12.1 Å². The highest BCUT2D eigenvalue weighted by molar-refractivity contribution is 7.92. The zero-order chi connectivity index (χ0) is 15.0. The lowest BCUT2D eigenvalue weighted by Gasteiger charge is -2.06. The molecule has 2 heterocycles. The van der Waals surface area contributed by atoms with Gasteiger partial charge in [-0.1, -0.05) is 41.9 Å². The second kappa shape index (κ2) is 5.18. The number of thiophene rings is 1. The number of benzene rings is 1. The molecule has 8 heteroatoms.